The Bertz CT molecular complexity index is 1100. The summed E-state index contributed by atoms with van der Waals surface area (Å²) in [5.41, 5.74) is 1.68. The van der Waals surface area contributed by atoms with Gasteiger partial charge in [0, 0.05) is 18.9 Å². The maximum Gasteiger partial charge on any atom is 0.573 e. The van der Waals surface area contributed by atoms with Gasteiger partial charge in [0.05, 0.1) is 11.4 Å². The summed E-state index contributed by atoms with van der Waals surface area (Å²) in [6.07, 6.45) is -1.09. The van der Waals surface area contributed by atoms with Crippen LogP contribution in [-0.4, -0.2) is 36.1 Å². The molecule has 0 aliphatic carbocycles. The molecule has 0 atom stereocenters. The Kier molecular flexibility index (Phi) is 5.70. The molecule has 0 fully saturated rings. The van der Waals surface area contributed by atoms with E-state index in [0.29, 0.717) is 23.1 Å². The second-order valence-electron chi connectivity index (χ2n) is 6.16. The van der Waals surface area contributed by atoms with Crippen molar-refractivity contribution in [2.75, 3.05) is 0 Å². The lowest BCUT2D eigenvalue weighted by molar-refractivity contribution is -0.274. The van der Waals surface area contributed by atoms with E-state index >= 15 is 0 Å². The predicted octanol–water partition coefficient (Wildman–Crippen LogP) is 4.10. The lowest BCUT2D eigenvalue weighted by atomic mass is 10.2. The van der Waals surface area contributed by atoms with Crippen LogP contribution in [0.3, 0.4) is 0 Å². The van der Waals surface area contributed by atoms with Crippen molar-refractivity contribution in [1.82, 2.24) is 29.8 Å². The number of nitrogens with zero attached hydrogens (tertiary/aromatic N) is 6. The van der Waals surface area contributed by atoms with E-state index in [1.54, 1.807) is 6.20 Å². The minimum absolute atomic E-state index is 0.309. The summed E-state index contributed by atoms with van der Waals surface area (Å²) in [4.78, 5) is 4.40. The first-order valence-electron chi connectivity index (χ1n) is 8.79. The second kappa shape index (κ2) is 8.57. The van der Waals surface area contributed by atoms with Crippen LogP contribution in [0, 0.1) is 0 Å². The largest absolute Gasteiger partial charge is 0.573 e. The molecule has 0 spiro atoms. The summed E-state index contributed by atoms with van der Waals surface area (Å²) >= 11 is 1.38. The van der Waals surface area contributed by atoms with E-state index < -0.39 is 6.36 Å². The highest BCUT2D eigenvalue weighted by Gasteiger charge is 2.31. The van der Waals surface area contributed by atoms with E-state index in [4.69, 9.17) is 0 Å². The summed E-state index contributed by atoms with van der Waals surface area (Å²) in [5, 5.41) is 12.1. The van der Waals surface area contributed by atoms with Crippen LogP contribution in [0.4, 0.5) is 13.2 Å². The molecule has 0 aliphatic rings. The molecule has 0 N–H and O–H groups in total. The zero-order valence-corrected chi connectivity index (χ0v) is 16.2. The van der Waals surface area contributed by atoms with E-state index in [0.717, 1.165) is 11.4 Å². The summed E-state index contributed by atoms with van der Waals surface area (Å²) in [6, 6.07) is 15.4. The van der Waals surface area contributed by atoms with Crippen molar-refractivity contribution in [3.63, 3.8) is 0 Å². The van der Waals surface area contributed by atoms with E-state index in [9.17, 15) is 13.2 Å². The Morgan fingerprint density at radius 2 is 1.77 bits per heavy atom. The topological polar surface area (TPSA) is 70.7 Å². The molecular formula is C19H15F3N6OS. The highest BCUT2D eigenvalue weighted by Crippen LogP contribution is 2.26. The van der Waals surface area contributed by atoms with Gasteiger partial charge >= 0.3 is 6.36 Å². The SMILES string of the molecule is FC(F)(F)Oc1ccc(-n2nnnc2SCc2nccn2Cc2ccccc2)cc1. The number of ether oxygens (including phenoxy) is 1. The number of rotatable bonds is 7. The van der Waals surface area contributed by atoms with Gasteiger partial charge in [0.2, 0.25) is 5.16 Å². The van der Waals surface area contributed by atoms with Crippen LogP contribution in [0.15, 0.2) is 72.1 Å². The van der Waals surface area contributed by atoms with Gasteiger partial charge < -0.3 is 9.30 Å². The molecule has 154 valence electrons. The Morgan fingerprint density at radius 3 is 2.50 bits per heavy atom. The predicted molar refractivity (Wildman–Crippen MR) is 103 cm³/mol. The normalized spacial score (nSPS) is 11.6. The molecule has 30 heavy (non-hydrogen) atoms. The standard InChI is InChI=1S/C19H15F3N6OS/c20-19(21,22)29-16-8-6-15(7-9-16)28-18(24-25-26-28)30-13-17-23-10-11-27(17)12-14-4-2-1-3-5-14/h1-11H,12-13H2. The number of alkyl halides is 3. The molecule has 0 aliphatic heterocycles. The monoisotopic (exact) mass is 432 g/mol. The highest BCUT2D eigenvalue weighted by atomic mass is 32.2. The average Bonchev–Trinajstić information content (AvgIpc) is 3.36. The van der Waals surface area contributed by atoms with Gasteiger partial charge in [-0.15, -0.1) is 18.3 Å². The molecule has 4 rings (SSSR count). The first kappa shape index (κ1) is 20.0. The molecule has 0 saturated heterocycles. The fraction of sp³-hybridized carbons (Fsp3) is 0.158. The molecule has 0 radical (unpaired) electrons. The highest BCUT2D eigenvalue weighted by molar-refractivity contribution is 7.98. The summed E-state index contributed by atoms with van der Waals surface area (Å²) < 4.78 is 44.3. The van der Waals surface area contributed by atoms with Crippen LogP contribution in [0.25, 0.3) is 5.69 Å². The Hall–Kier alpha value is -3.34. The van der Waals surface area contributed by atoms with E-state index in [1.807, 2.05) is 41.1 Å². The minimum atomic E-state index is -4.74. The number of hydrogen-bond donors (Lipinski definition) is 0. The molecule has 11 heteroatoms. The molecule has 2 aromatic carbocycles. The number of halogens is 3. The minimum Gasteiger partial charge on any atom is -0.406 e. The first-order chi connectivity index (χ1) is 14.5. The molecule has 0 amide bonds. The van der Waals surface area contributed by atoms with Crippen molar-refractivity contribution in [3.05, 3.63) is 78.4 Å². The van der Waals surface area contributed by atoms with Crippen LogP contribution in [0.2, 0.25) is 0 Å². The second-order valence-corrected chi connectivity index (χ2v) is 7.10. The number of thioether (sulfide) groups is 1. The quantitative estimate of drug-likeness (QED) is 0.410. The van der Waals surface area contributed by atoms with Crippen molar-refractivity contribution in [2.45, 2.75) is 23.8 Å². The average molecular weight is 432 g/mol. The van der Waals surface area contributed by atoms with Crippen molar-refractivity contribution in [3.8, 4) is 11.4 Å². The van der Waals surface area contributed by atoms with Crippen molar-refractivity contribution < 1.29 is 17.9 Å². The third kappa shape index (κ3) is 4.98. The van der Waals surface area contributed by atoms with E-state index in [2.05, 4.69) is 25.2 Å². The maximum atomic E-state index is 12.3. The fourth-order valence-electron chi connectivity index (χ4n) is 2.75. The van der Waals surface area contributed by atoms with Crippen molar-refractivity contribution in [1.29, 1.82) is 0 Å². The number of hydrogen-bond acceptors (Lipinski definition) is 6. The zero-order valence-electron chi connectivity index (χ0n) is 15.4. The van der Waals surface area contributed by atoms with Crippen LogP contribution in [0.1, 0.15) is 11.4 Å². The molecule has 7 nitrogen and oxygen atoms in total. The third-order valence-corrected chi connectivity index (χ3v) is 5.00. The smallest absolute Gasteiger partial charge is 0.406 e. The van der Waals surface area contributed by atoms with Gasteiger partial charge in [-0.2, -0.15) is 4.68 Å². The molecule has 4 aromatic rings. The molecule has 0 unspecified atom stereocenters. The number of imidazole rings is 1. The zero-order chi connectivity index (χ0) is 21.0. The summed E-state index contributed by atoms with van der Waals surface area (Å²) in [5.74, 6) is 1.07. The maximum absolute atomic E-state index is 12.3. The lowest BCUT2D eigenvalue weighted by Crippen LogP contribution is -2.17. The van der Waals surface area contributed by atoms with Gasteiger partial charge in [0.15, 0.2) is 0 Å². The third-order valence-electron chi connectivity index (χ3n) is 4.08. The molecule has 0 bridgehead atoms. The lowest BCUT2D eigenvalue weighted by Gasteiger charge is -2.10. The number of aromatic nitrogens is 6. The van der Waals surface area contributed by atoms with Crippen molar-refractivity contribution in [2.24, 2.45) is 0 Å². The molecule has 0 saturated carbocycles. The van der Waals surface area contributed by atoms with Gasteiger partial charge in [-0.25, -0.2) is 4.98 Å². The van der Waals surface area contributed by atoms with E-state index in [-0.39, 0.29) is 5.75 Å². The molecule has 2 heterocycles. The van der Waals surface area contributed by atoms with Gasteiger partial charge in [-0.3, -0.25) is 0 Å². The van der Waals surface area contributed by atoms with Crippen LogP contribution in [0.5, 0.6) is 5.75 Å². The fourth-order valence-corrected chi connectivity index (χ4v) is 3.61. The Balaban J connectivity index is 1.45. The van der Waals surface area contributed by atoms with Crippen LogP contribution in [-0.2, 0) is 12.3 Å². The number of tetrazole rings is 1. The van der Waals surface area contributed by atoms with Crippen LogP contribution >= 0.6 is 11.8 Å². The van der Waals surface area contributed by atoms with Gasteiger partial charge in [0.25, 0.3) is 0 Å². The molecular weight excluding hydrogens is 417 g/mol. The first-order valence-corrected chi connectivity index (χ1v) is 9.78. The van der Waals surface area contributed by atoms with Gasteiger partial charge in [-0.05, 0) is 40.3 Å². The van der Waals surface area contributed by atoms with E-state index in [1.165, 1.54) is 40.7 Å². The molecule has 2 aromatic heterocycles. The van der Waals surface area contributed by atoms with Crippen LogP contribution < -0.4 is 4.74 Å². The number of benzene rings is 2. The Labute approximate surface area is 173 Å². The summed E-state index contributed by atoms with van der Waals surface area (Å²) in [7, 11) is 0. The summed E-state index contributed by atoms with van der Waals surface area (Å²) in [6.45, 7) is 0.697. The Morgan fingerprint density at radius 1 is 1.00 bits per heavy atom. The van der Waals surface area contributed by atoms with Gasteiger partial charge in [0.1, 0.15) is 11.6 Å². The van der Waals surface area contributed by atoms with Crippen molar-refractivity contribution >= 4 is 11.8 Å². The van der Waals surface area contributed by atoms with Gasteiger partial charge in [-0.1, -0.05) is 42.1 Å².